The molecule has 0 fully saturated rings. The summed E-state index contributed by atoms with van der Waals surface area (Å²) >= 11 is 0. The number of rotatable bonds is 5. The molecule has 0 bridgehead atoms. The third-order valence-corrected chi connectivity index (χ3v) is 1.67. The lowest BCUT2D eigenvalue weighted by molar-refractivity contribution is -0.136. The second kappa shape index (κ2) is 4.76. The number of aliphatic carboxylic acids is 1. The number of carbonyl (C=O) groups is 1. The monoisotopic (exact) mass is 198 g/mol. The minimum Gasteiger partial charge on any atom is -0.481 e. The molecule has 1 rings (SSSR count). The molecule has 14 heavy (non-hydrogen) atoms. The normalized spacial score (nSPS) is 10.8. The van der Waals surface area contributed by atoms with E-state index in [2.05, 4.69) is 5.16 Å². The van der Waals surface area contributed by atoms with Crippen molar-refractivity contribution < 1.29 is 14.4 Å². The molecule has 0 saturated heterocycles. The molecule has 0 spiro atoms. The molecule has 0 radical (unpaired) electrons. The van der Waals surface area contributed by atoms with Crippen molar-refractivity contribution in [1.29, 1.82) is 0 Å². The van der Waals surface area contributed by atoms with Gasteiger partial charge in [-0.1, -0.05) is 5.16 Å². The van der Waals surface area contributed by atoms with E-state index in [9.17, 15) is 4.79 Å². The third-order valence-electron chi connectivity index (χ3n) is 1.67. The summed E-state index contributed by atoms with van der Waals surface area (Å²) < 4.78 is 5.02. The molecule has 0 unspecified atom stereocenters. The Bertz CT molecular complexity index is 307. The summed E-state index contributed by atoms with van der Waals surface area (Å²) in [5, 5.41) is 12.2. The first-order valence-electron chi connectivity index (χ1n) is 4.39. The summed E-state index contributed by atoms with van der Waals surface area (Å²) in [6.45, 7) is 0.681. The van der Waals surface area contributed by atoms with Gasteiger partial charge in [-0.3, -0.25) is 4.79 Å². The Labute approximate surface area is 82.3 Å². The summed E-state index contributed by atoms with van der Waals surface area (Å²) in [5.74, 6) is -0.0578. The molecule has 1 N–H and O–H groups in total. The van der Waals surface area contributed by atoms with Crippen molar-refractivity contribution >= 4 is 5.97 Å². The molecule has 5 heteroatoms. The zero-order chi connectivity index (χ0) is 10.6. The Balaban J connectivity index is 2.46. The van der Waals surface area contributed by atoms with Crippen LogP contribution in [0.2, 0.25) is 0 Å². The fourth-order valence-corrected chi connectivity index (χ4v) is 1.09. The van der Waals surface area contributed by atoms with Crippen LogP contribution in [0.25, 0.3) is 0 Å². The molecule has 0 aliphatic carbocycles. The van der Waals surface area contributed by atoms with Gasteiger partial charge in [-0.25, -0.2) is 0 Å². The molecule has 0 aliphatic rings. The highest BCUT2D eigenvalue weighted by Crippen LogP contribution is 2.07. The van der Waals surface area contributed by atoms with E-state index in [4.69, 9.17) is 9.63 Å². The van der Waals surface area contributed by atoms with Crippen LogP contribution in [-0.2, 0) is 17.8 Å². The lowest BCUT2D eigenvalue weighted by atomic mass is 10.2. The second-order valence-corrected chi connectivity index (χ2v) is 3.42. The van der Waals surface area contributed by atoms with E-state index in [1.165, 1.54) is 0 Å². The second-order valence-electron chi connectivity index (χ2n) is 3.42. The van der Waals surface area contributed by atoms with Crippen molar-refractivity contribution in [2.75, 3.05) is 14.1 Å². The van der Waals surface area contributed by atoms with E-state index in [1.54, 1.807) is 6.07 Å². The minimum atomic E-state index is -0.817. The lowest BCUT2D eigenvalue weighted by Crippen LogP contribution is -2.09. The van der Waals surface area contributed by atoms with Gasteiger partial charge >= 0.3 is 5.97 Å². The van der Waals surface area contributed by atoms with Crippen LogP contribution in [-0.4, -0.2) is 35.2 Å². The highest BCUT2D eigenvalue weighted by molar-refractivity contribution is 5.66. The van der Waals surface area contributed by atoms with Crippen LogP contribution in [0.5, 0.6) is 0 Å². The van der Waals surface area contributed by atoms with Crippen molar-refractivity contribution in [3.8, 4) is 0 Å². The van der Waals surface area contributed by atoms with Gasteiger partial charge in [0.25, 0.3) is 0 Å². The average Bonchev–Trinajstić information content (AvgIpc) is 2.47. The number of aryl methyl sites for hydroxylation is 1. The van der Waals surface area contributed by atoms with Crippen LogP contribution in [0.1, 0.15) is 17.9 Å². The van der Waals surface area contributed by atoms with Crippen molar-refractivity contribution in [2.45, 2.75) is 19.4 Å². The molecule has 0 saturated carbocycles. The first kappa shape index (κ1) is 10.7. The molecular weight excluding hydrogens is 184 g/mol. The Hall–Kier alpha value is -1.36. The molecular formula is C9H14N2O3. The molecule has 1 aromatic rings. The van der Waals surface area contributed by atoms with Crippen LogP contribution >= 0.6 is 0 Å². The van der Waals surface area contributed by atoms with Gasteiger partial charge in [-0.05, 0) is 14.1 Å². The number of carboxylic acid groups (broad SMARTS) is 1. The maximum absolute atomic E-state index is 10.3. The number of aromatic nitrogens is 1. The Morgan fingerprint density at radius 1 is 1.64 bits per heavy atom. The zero-order valence-corrected chi connectivity index (χ0v) is 8.36. The predicted molar refractivity (Wildman–Crippen MR) is 49.9 cm³/mol. The highest BCUT2D eigenvalue weighted by atomic mass is 16.5. The molecule has 1 aromatic heterocycles. The molecule has 0 aliphatic heterocycles. The van der Waals surface area contributed by atoms with Crippen molar-refractivity contribution in [2.24, 2.45) is 0 Å². The average molecular weight is 198 g/mol. The molecule has 78 valence electrons. The maximum Gasteiger partial charge on any atom is 0.303 e. The third kappa shape index (κ3) is 3.57. The van der Waals surface area contributed by atoms with Crippen LogP contribution in [0.4, 0.5) is 0 Å². The largest absolute Gasteiger partial charge is 0.481 e. The Morgan fingerprint density at radius 3 is 2.93 bits per heavy atom. The summed E-state index contributed by atoms with van der Waals surface area (Å²) in [4.78, 5) is 12.3. The van der Waals surface area contributed by atoms with Gasteiger partial charge < -0.3 is 14.5 Å². The predicted octanol–water partition coefficient (Wildman–Crippen LogP) is 0.753. The first-order chi connectivity index (χ1) is 6.58. The van der Waals surface area contributed by atoms with Gasteiger partial charge in [-0.15, -0.1) is 0 Å². The van der Waals surface area contributed by atoms with E-state index in [0.29, 0.717) is 18.7 Å². The fraction of sp³-hybridized carbons (Fsp3) is 0.556. The summed E-state index contributed by atoms with van der Waals surface area (Å²) in [5.41, 5.74) is 0.698. The fourth-order valence-electron chi connectivity index (χ4n) is 1.09. The van der Waals surface area contributed by atoms with Gasteiger partial charge in [0, 0.05) is 12.5 Å². The summed E-state index contributed by atoms with van der Waals surface area (Å²) in [6.07, 6.45) is 0.514. The smallest absolute Gasteiger partial charge is 0.303 e. The number of hydrogen-bond donors (Lipinski definition) is 1. The van der Waals surface area contributed by atoms with Crippen molar-refractivity contribution in [1.82, 2.24) is 10.1 Å². The molecule has 0 amide bonds. The minimum absolute atomic E-state index is 0.0912. The van der Waals surface area contributed by atoms with E-state index < -0.39 is 5.97 Å². The van der Waals surface area contributed by atoms with Crippen LogP contribution < -0.4 is 0 Å². The van der Waals surface area contributed by atoms with Gasteiger partial charge in [-0.2, -0.15) is 0 Å². The summed E-state index contributed by atoms with van der Waals surface area (Å²) in [7, 11) is 3.86. The van der Waals surface area contributed by atoms with Crippen molar-refractivity contribution in [3.05, 3.63) is 17.5 Å². The molecule has 0 atom stereocenters. The Morgan fingerprint density at radius 2 is 2.36 bits per heavy atom. The zero-order valence-electron chi connectivity index (χ0n) is 8.36. The standard InChI is InChI=1S/C9H14N2O3/c1-11(2)6-8-5-7(10-14-8)3-4-9(12)13/h5H,3-4,6H2,1-2H3,(H,12,13). The lowest BCUT2D eigenvalue weighted by Gasteiger charge is -2.03. The van der Waals surface area contributed by atoms with E-state index in [1.807, 2.05) is 19.0 Å². The van der Waals surface area contributed by atoms with Crippen LogP contribution in [0.3, 0.4) is 0 Å². The quantitative estimate of drug-likeness (QED) is 0.756. The van der Waals surface area contributed by atoms with Gasteiger partial charge in [0.1, 0.15) is 0 Å². The van der Waals surface area contributed by atoms with E-state index >= 15 is 0 Å². The van der Waals surface area contributed by atoms with Gasteiger partial charge in [0.15, 0.2) is 5.76 Å². The topological polar surface area (TPSA) is 66.6 Å². The van der Waals surface area contributed by atoms with Crippen LogP contribution in [0, 0.1) is 0 Å². The number of nitrogens with zero attached hydrogens (tertiary/aromatic N) is 2. The van der Waals surface area contributed by atoms with Gasteiger partial charge in [0.2, 0.25) is 0 Å². The van der Waals surface area contributed by atoms with Gasteiger partial charge in [0.05, 0.1) is 18.7 Å². The van der Waals surface area contributed by atoms with E-state index in [-0.39, 0.29) is 6.42 Å². The molecule has 1 heterocycles. The molecule has 0 aromatic carbocycles. The number of carboxylic acids is 1. The van der Waals surface area contributed by atoms with Crippen molar-refractivity contribution in [3.63, 3.8) is 0 Å². The van der Waals surface area contributed by atoms with Crippen LogP contribution in [0.15, 0.2) is 10.6 Å². The Kier molecular flexibility index (Phi) is 3.64. The summed E-state index contributed by atoms with van der Waals surface area (Å²) in [6, 6.07) is 1.79. The van der Waals surface area contributed by atoms with E-state index in [0.717, 1.165) is 5.76 Å². The maximum atomic E-state index is 10.3. The SMILES string of the molecule is CN(C)Cc1cc(CCC(=O)O)no1. The number of hydrogen-bond acceptors (Lipinski definition) is 4. The molecule has 5 nitrogen and oxygen atoms in total. The highest BCUT2D eigenvalue weighted by Gasteiger charge is 2.06. The first-order valence-corrected chi connectivity index (χ1v) is 4.39.